The van der Waals surface area contributed by atoms with E-state index in [0.717, 1.165) is 10.8 Å². The van der Waals surface area contributed by atoms with E-state index < -0.39 is 40.1 Å². The lowest BCUT2D eigenvalue weighted by atomic mass is 10.0. The van der Waals surface area contributed by atoms with Gasteiger partial charge in [-0.25, -0.2) is 43.1 Å². The summed E-state index contributed by atoms with van der Waals surface area (Å²) in [4.78, 5) is 0.170. The standard InChI is InChI=1S/C35H44N4O9S4/c1-3-49(40,41)36-24-29-11-8-19-38(26-29)51(44,45)33-15-7-14-32(23-33)31-13-6-10-28(22-31)18-21-50(42,43)37-25-30-12-9-20-39(27-30)52(46,47)35-17-5-4-16-34(35)48-2/h3-7,10,13-18,21-23,29-30,36-37H,1,8-9,11-12,19-20,24-27H2,2H3/b21-18+. The van der Waals surface area contributed by atoms with Gasteiger partial charge < -0.3 is 4.74 Å². The number of hydrogen-bond acceptors (Lipinski definition) is 9. The largest absolute Gasteiger partial charge is 0.495 e. The summed E-state index contributed by atoms with van der Waals surface area (Å²) in [7, 11) is -13.8. The molecule has 282 valence electrons. The predicted octanol–water partition coefficient (Wildman–Crippen LogP) is 3.82. The van der Waals surface area contributed by atoms with Crippen molar-refractivity contribution in [2.24, 2.45) is 11.8 Å². The Hall–Kier alpha value is -3.42. The first-order valence-electron chi connectivity index (χ1n) is 16.8. The molecule has 2 unspecified atom stereocenters. The maximum Gasteiger partial charge on any atom is 0.246 e. The Kier molecular flexibility index (Phi) is 12.8. The molecule has 2 fully saturated rings. The summed E-state index contributed by atoms with van der Waals surface area (Å²) >= 11 is 0. The summed E-state index contributed by atoms with van der Waals surface area (Å²) in [6, 6.07) is 19.9. The van der Waals surface area contributed by atoms with Crippen molar-refractivity contribution in [3.05, 3.63) is 95.8 Å². The van der Waals surface area contributed by atoms with Crippen LogP contribution in [-0.4, -0.2) is 88.7 Å². The topological polar surface area (TPSA) is 176 Å². The van der Waals surface area contributed by atoms with Gasteiger partial charge in [0.05, 0.1) is 12.0 Å². The summed E-state index contributed by atoms with van der Waals surface area (Å²) in [6.07, 6.45) is 3.98. The van der Waals surface area contributed by atoms with Crippen LogP contribution in [0, 0.1) is 11.8 Å². The number of piperidine rings is 2. The van der Waals surface area contributed by atoms with E-state index in [1.165, 1.54) is 33.9 Å². The molecule has 2 N–H and O–H groups in total. The van der Waals surface area contributed by atoms with Gasteiger partial charge in [0.2, 0.25) is 40.1 Å². The lowest BCUT2D eigenvalue weighted by Crippen LogP contribution is -2.43. The van der Waals surface area contributed by atoms with Crippen molar-refractivity contribution in [3.8, 4) is 16.9 Å². The SMILES string of the molecule is C=CS(=O)(=O)NCC1CCCN(S(=O)(=O)c2cccc(-c3cccc(/C=C/S(=O)(=O)NCC4CCCN(S(=O)(=O)c5ccccc5OC)C4)c3)c2)C1. The molecule has 2 aliphatic heterocycles. The van der Waals surface area contributed by atoms with Crippen LogP contribution < -0.4 is 14.2 Å². The van der Waals surface area contributed by atoms with Crippen molar-refractivity contribution in [3.63, 3.8) is 0 Å². The van der Waals surface area contributed by atoms with Gasteiger partial charge in [0.1, 0.15) is 10.6 Å². The first-order valence-corrected chi connectivity index (χ1v) is 22.7. The summed E-state index contributed by atoms with van der Waals surface area (Å²) in [6.45, 7) is 4.45. The van der Waals surface area contributed by atoms with Gasteiger partial charge in [-0.1, -0.05) is 49.0 Å². The van der Waals surface area contributed by atoms with Crippen LogP contribution in [0.2, 0.25) is 0 Å². The third-order valence-corrected chi connectivity index (χ3v) is 15.0. The van der Waals surface area contributed by atoms with E-state index in [-0.39, 0.29) is 53.6 Å². The Labute approximate surface area is 307 Å². The highest BCUT2D eigenvalue weighted by Crippen LogP contribution is 2.30. The van der Waals surface area contributed by atoms with E-state index in [2.05, 4.69) is 16.0 Å². The van der Waals surface area contributed by atoms with Gasteiger partial charge >= 0.3 is 0 Å². The minimum Gasteiger partial charge on any atom is -0.495 e. The molecule has 52 heavy (non-hydrogen) atoms. The van der Waals surface area contributed by atoms with E-state index in [0.29, 0.717) is 55.5 Å². The number of para-hydroxylation sites is 1. The molecule has 0 bridgehead atoms. The second-order valence-corrected chi connectivity index (χ2v) is 20.0. The van der Waals surface area contributed by atoms with Gasteiger partial charge in [-0.3, -0.25) is 0 Å². The van der Waals surface area contributed by atoms with E-state index in [9.17, 15) is 33.7 Å². The van der Waals surface area contributed by atoms with Gasteiger partial charge in [-0.15, -0.1) is 0 Å². The Balaban J connectivity index is 1.22. The van der Waals surface area contributed by atoms with Crippen LogP contribution in [-0.2, 0) is 40.1 Å². The molecular weight excluding hydrogens is 749 g/mol. The lowest BCUT2D eigenvalue weighted by molar-refractivity contribution is 0.266. The zero-order chi connectivity index (χ0) is 37.6. The van der Waals surface area contributed by atoms with E-state index >= 15 is 0 Å². The normalized spacial score (nSPS) is 19.8. The molecule has 0 aromatic heterocycles. The van der Waals surface area contributed by atoms with Crippen LogP contribution in [0.3, 0.4) is 0 Å². The number of benzene rings is 3. The van der Waals surface area contributed by atoms with Gasteiger partial charge in [-0.05, 0) is 90.6 Å². The Morgan fingerprint density at radius 2 is 1.31 bits per heavy atom. The molecule has 2 aliphatic rings. The summed E-state index contributed by atoms with van der Waals surface area (Å²) < 4.78 is 117. The van der Waals surface area contributed by atoms with Gasteiger partial charge in [0, 0.05) is 50.1 Å². The van der Waals surface area contributed by atoms with Crippen LogP contribution in [0.15, 0.2) is 100.0 Å². The number of nitrogens with zero attached hydrogens (tertiary/aromatic N) is 2. The Bertz CT molecular complexity index is 2230. The van der Waals surface area contributed by atoms with Crippen molar-refractivity contribution < 1.29 is 38.4 Å². The Morgan fingerprint density at radius 3 is 1.94 bits per heavy atom. The fraction of sp³-hybridized carbons (Fsp3) is 0.371. The minimum absolute atomic E-state index is 0.0636. The molecule has 17 heteroatoms. The summed E-state index contributed by atoms with van der Waals surface area (Å²) in [5, 5.41) is 1.88. The molecular formula is C35H44N4O9S4. The quantitative estimate of drug-likeness (QED) is 0.232. The fourth-order valence-electron chi connectivity index (χ4n) is 6.34. The van der Waals surface area contributed by atoms with Crippen molar-refractivity contribution in [1.82, 2.24) is 18.1 Å². The van der Waals surface area contributed by atoms with Crippen molar-refractivity contribution in [2.75, 3.05) is 46.4 Å². The average molecular weight is 793 g/mol. The lowest BCUT2D eigenvalue weighted by Gasteiger charge is -2.32. The maximum atomic E-state index is 13.6. The number of sulfonamides is 4. The molecule has 0 saturated carbocycles. The van der Waals surface area contributed by atoms with Crippen LogP contribution in [0.5, 0.6) is 5.75 Å². The monoisotopic (exact) mass is 792 g/mol. The molecule has 0 spiro atoms. The number of ether oxygens (including phenoxy) is 1. The molecule has 3 aromatic carbocycles. The average Bonchev–Trinajstić information content (AvgIpc) is 3.16. The first-order chi connectivity index (χ1) is 24.6. The van der Waals surface area contributed by atoms with Crippen molar-refractivity contribution in [2.45, 2.75) is 35.5 Å². The molecule has 5 rings (SSSR count). The predicted molar refractivity (Wildman–Crippen MR) is 201 cm³/mol. The van der Waals surface area contributed by atoms with Gasteiger partial charge in [0.25, 0.3) is 0 Å². The molecule has 0 radical (unpaired) electrons. The highest BCUT2D eigenvalue weighted by atomic mass is 32.2. The summed E-state index contributed by atoms with van der Waals surface area (Å²) in [5.41, 5.74) is 1.87. The molecule has 2 saturated heterocycles. The third kappa shape index (κ3) is 9.96. The Morgan fingerprint density at radius 1 is 0.731 bits per heavy atom. The van der Waals surface area contributed by atoms with E-state index in [4.69, 9.17) is 4.74 Å². The maximum absolute atomic E-state index is 13.6. The molecule has 0 amide bonds. The third-order valence-electron chi connectivity index (χ3n) is 9.15. The molecule has 2 heterocycles. The number of rotatable bonds is 15. The van der Waals surface area contributed by atoms with Gasteiger partial charge in [0.15, 0.2) is 0 Å². The molecule has 2 atom stereocenters. The summed E-state index contributed by atoms with van der Waals surface area (Å²) in [5.74, 6) is -0.165. The molecule has 13 nitrogen and oxygen atoms in total. The number of nitrogens with one attached hydrogen (secondary N) is 2. The molecule has 0 aliphatic carbocycles. The minimum atomic E-state index is -3.88. The first kappa shape index (κ1) is 39.8. The van der Waals surface area contributed by atoms with Crippen LogP contribution in [0.25, 0.3) is 17.2 Å². The van der Waals surface area contributed by atoms with Crippen molar-refractivity contribution >= 4 is 46.2 Å². The van der Waals surface area contributed by atoms with E-state index in [1.54, 1.807) is 60.7 Å². The van der Waals surface area contributed by atoms with Crippen LogP contribution in [0.1, 0.15) is 31.2 Å². The second kappa shape index (κ2) is 16.7. The second-order valence-electron chi connectivity index (χ2n) is 12.8. The molecule has 3 aromatic rings. The zero-order valence-corrected chi connectivity index (χ0v) is 32.1. The van der Waals surface area contributed by atoms with Gasteiger partial charge in [-0.2, -0.15) is 8.61 Å². The number of methoxy groups -OCH3 is 1. The highest BCUT2D eigenvalue weighted by molar-refractivity contribution is 7.92. The fourth-order valence-corrected chi connectivity index (χ4v) is 11.1. The highest BCUT2D eigenvalue weighted by Gasteiger charge is 2.33. The number of hydrogen-bond donors (Lipinski definition) is 2. The smallest absolute Gasteiger partial charge is 0.246 e. The van der Waals surface area contributed by atoms with Crippen LogP contribution in [0.4, 0.5) is 0 Å². The van der Waals surface area contributed by atoms with Crippen molar-refractivity contribution in [1.29, 1.82) is 0 Å². The van der Waals surface area contributed by atoms with E-state index in [1.807, 2.05) is 0 Å². The zero-order valence-electron chi connectivity index (χ0n) is 28.8. The van der Waals surface area contributed by atoms with Crippen LogP contribution >= 0.6 is 0 Å².